The van der Waals surface area contributed by atoms with Crippen LogP contribution in [0.15, 0.2) is 48.6 Å². The van der Waals surface area contributed by atoms with Gasteiger partial charge in [0, 0.05) is 12.8 Å². The second-order valence-electron chi connectivity index (χ2n) is 29.5. The van der Waals surface area contributed by atoms with Crippen LogP contribution in [-0.2, 0) is 23.8 Å². The molecule has 1 heterocycles. The van der Waals surface area contributed by atoms with Gasteiger partial charge in [0.2, 0.25) is 5.91 Å². The largest absolute Gasteiger partial charge is 0.466 e. The molecule has 0 aromatic carbocycles. The summed E-state index contributed by atoms with van der Waals surface area (Å²) in [5, 5.41) is 54.5. The first-order valence-corrected chi connectivity index (χ1v) is 42.4. The molecular weight excluding hydrogens is 1210 g/mol. The number of hydrogen-bond donors (Lipinski definition) is 6. The van der Waals surface area contributed by atoms with Crippen LogP contribution in [0.4, 0.5) is 0 Å². The predicted molar refractivity (Wildman–Crippen MR) is 412 cm³/mol. The smallest absolute Gasteiger partial charge is 0.305 e. The number of nitrogens with one attached hydrogen (secondary N) is 1. The van der Waals surface area contributed by atoms with E-state index in [4.69, 9.17) is 14.2 Å². The number of aliphatic hydroxyl groups is 5. The summed E-state index contributed by atoms with van der Waals surface area (Å²) in [6.07, 6.45) is 90.3. The van der Waals surface area contributed by atoms with E-state index >= 15 is 0 Å². The second-order valence-corrected chi connectivity index (χ2v) is 29.5. The Bertz CT molecular complexity index is 1750. The maximum Gasteiger partial charge on any atom is 0.305 e. The Balaban J connectivity index is 1.87. The van der Waals surface area contributed by atoms with E-state index in [0.29, 0.717) is 19.4 Å². The van der Waals surface area contributed by atoms with Crippen LogP contribution < -0.4 is 5.32 Å². The molecule has 11 heteroatoms. The SMILES string of the molecule is CCCCCCCC/C=C/CC/C=C/C(O)C(COC1OC(CO)C(O)C(O)C1O)NC(=O)CCCCCCCCCCCCCCCCCCC/C=C\C/C=C\CCCCCCCCCCCCCCCCCOC(=O)CCCCCCCCCCCCCCCCCCCC. The molecule has 7 unspecified atom stereocenters. The lowest BCUT2D eigenvalue weighted by Crippen LogP contribution is -2.60. The molecule has 0 radical (unpaired) electrons. The fourth-order valence-electron chi connectivity index (χ4n) is 13.5. The number of carbonyl (C=O) groups is 2. The first-order valence-electron chi connectivity index (χ1n) is 42.4. The van der Waals surface area contributed by atoms with Crippen molar-refractivity contribution in [2.75, 3.05) is 19.8 Å². The number of unbranched alkanes of at least 4 members (excludes halogenated alkanes) is 56. The summed E-state index contributed by atoms with van der Waals surface area (Å²) in [5.41, 5.74) is 0. The number of hydrogen-bond acceptors (Lipinski definition) is 10. The molecule has 97 heavy (non-hydrogen) atoms. The molecule has 1 amide bonds. The van der Waals surface area contributed by atoms with E-state index in [-0.39, 0.29) is 18.5 Å². The van der Waals surface area contributed by atoms with Crippen LogP contribution in [-0.4, -0.2) is 100 Å². The van der Waals surface area contributed by atoms with Crippen molar-refractivity contribution in [2.45, 2.75) is 468 Å². The fourth-order valence-corrected chi connectivity index (χ4v) is 13.5. The van der Waals surface area contributed by atoms with Gasteiger partial charge in [0.1, 0.15) is 24.4 Å². The minimum atomic E-state index is -1.58. The molecule has 0 aliphatic carbocycles. The van der Waals surface area contributed by atoms with Gasteiger partial charge in [-0.1, -0.05) is 383 Å². The average molecular weight is 1370 g/mol. The highest BCUT2D eigenvalue weighted by atomic mass is 16.7. The second kappa shape index (κ2) is 74.8. The van der Waals surface area contributed by atoms with Gasteiger partial charge in [0.15, 0.2) is 6.29 Å². The highest BCUT2D eigenvalue weighted by molar-refractivity contribution is 5.76. The van der Waals surface area contributed by atoms with Crippen molar-refractivity contribution in [1.29, 1.82) is 0 Å². The molecule has 0 spiro atoms. The van der Waals surface area contributed by atoms with Gasteiger partial charge >= 0.3 is 5.97 Å². The minimum absolute atomic E-state index is 0.0196. The standard InChI is InChI=1S/C86H161NO10/c1-3-5-7-9-11-13-15-17-18-19-44-47-50-54-58-62-66-70-74-82(91)95-75-71-67-63-59-55-51-48-45-42-40-38-36-34-32-30-28-26-24-22-20-21-23-25-27-29-31-33-35-37-39-41-43-46-49-53-57-61-65-69-73-81(90)87-78(77-96-86-85(94)84(93)83(92)80(76-88)97-86)79(89)72-68-64-60-56-52-16-14-12-10-8-6-4-2/h20-21,24,26,52,56,68,72,78-80,83-86,88-89,92-94H,3-19,22-23,25,27-51,53-55,57-67,69-71,73-77H2,1-2H3,(H,87,90)/b21-20-,26-24-,56-52+,72-68+. The number of ether oxygens (including phenoxy) is 3. The van der Waals surface area contributed by atoms with Crippen molar-refractivity contribution in [3.05, 3.63) is 48.6 Å². The zero-order valence-corrected chi connectivity index (χ0v) is 63.8. The first kappa shape index (κ1) is 92.6. The third-order valence-corrected chi connectivity index (χ3v) is 20.2. The van der Waals surface area contributed by atoms with Gasteiger partial charge in [-0.3, -0.25) is 9.59 Å². The Morgan fingerprint density at radius 3 is 1.08 bits per heavy atom. The molecule has 0 bridgehead atoms. The van der Waals surface area contributed by atoms with Gasteiger partial charge in [-0.15, -0.1) is 0 Å². The molecule has 0 aromatic heterocycles. The number of esters is 1. The highest BCUT2D eigenvalue weighted by Gasteiger charge is 2.44. The lowest BCUT2D eigenvalue weighted by molar-refractivity contribution is -0.302. The predicted octanol–water partition coefficient (Wildman–Crippen LogP) is 23.4. The van der Waals surface area contributed by atoms with Gasteiger partial charge in [-0.05, 0) is 77.0 Å². The summed E-state index contributed by atoms with van der Waals surface area (Å²) in [6, 6.07) is -0.826. The van der Waals surface area contributed by atoms with Crippen molar-refractivity contribution in [3.63, 3.8) is 0 Å². The van der Waals surface area contributed by atoms with Crippen LogP contribution in [0, 0.1) is 0 Å². The van der Waals surface area contributed by atoms with Crippen LogP contribution in [0.25, 0.3) is 0 Å². The van der Waals surface area contributed by atoms with E-state index in [1.807, 2.05) is 6.08 Å². The lowest BCUT2D eigenvalue weighted by atomic mass is 9.99. The summed E-state index contributed by atoms with van der Waals surface area (Å²) in [4.78, 5) is 25.2. The van der Waals surface area contributed by atoms with Gasteiger partial charge in [-0.2, -0.15) is 0 Å². The van der Waals surface area contributed by atoms with Crippen molar-refractivity contribution < 1.29 is 49.3 Å². The molecule has 1 rings (SSSR count). The minimum Gasteiger partial charge on any atom is -0.466 e. The van der Waals surface area contributed by atoms with E-state index in [1.165, 1.54) is 340 Å². The molecule has 1 aliphatic rings. The molecule has 6 N–H and O–H groups in total. The summed E-state index contributed by atoms with van der Waals surface area (Å²) in [7, 11) is 0. The Labute approximate surface area is 599 Å². The topological polar surface area (TPSA) is 175 Å². The van der Waals surface area contributed by atoms with Crippen molar-refractivity contribution >= 4 is 11.9 Å². The number of allylic oxidation sites excluding steroid dienone is 7. The Morgan fingerprint density at radius 2 is 0.701 bits per heavy atom. The first-order chi connectivity index (χ1) is 47.7. The average Bonchev–Trinajstić information content (AvgIpc) is 0.834. The molecule has 11 nitrogen and oxygen atoms in total. The lowest BCUT2D eigenvalue weighted by Gasteiger charge is -2.40. The van der Waals surface area contributed by atoms with E-state index in [9.17, 15) is 35.1 Å². The van der Waals surface area contributed by atoms with Crippen molar-refractivity contribution in [1.82, 2.24) is 5.32 Å². The van der Waals surface area contributed by atoms with E-state index in [0.717, 1.165) is 57.8 Å². The molecule has 570 valence electrons. The summed E-state index contributed by atoms with van der Waals surface area (Å²) < 4.78 is 16.8. The Kier molecular flexibility index (Phi) is 71.4. The Morgan fingerprint density at radius 1 is 0.381 bits per heavy atom. The quantitative estimate of drug-likeness (QED) is 0.0195. The monoisotopic (exact) mass is 1370 g/mol. The number of amides is 1. The summed E-state index contributed by atoms with van der Waals surface area (Å²) in [6.45, 7) is 4.37. The molecular formula is C86H161NO10. The van der Waals surface area contributed by atoms with Gasteiger partial charge in [0.25, 0.3) is 0 Å². The van der Waals surface area contributed by atoms with Crippen LogP contribution >= 0.6 is 0 Å². The normalized spacial score (nSPS) is 17.5. The maximum absolute atomic E-state index is 13.1. The molecule has 1 fully saturated rings. The van der Waals surface area contributed by atoms with Gasteiger partial charge in [0.05, 0.1) is 32.0 Å². The zero-order chi connectivity index (χ0) is 70.1. The van der Waals surface area contributed by atoms with E-state index in [1.54, 1.807) is 6.08 Å². The van der Waals surface area contributed by atoms with Crippen molar-refractivity contribution in [2.24, 2.45) is 0 Å². The molecule has 0 aromatic rings. The third kappa shape index (κ3) is 63.1. The Hall–Kier alpha value is -2.38. The molecule has 1 aliphatic heterocycles. The van der Waals surface area contributed by atoms with Gasteiger partial charge in [-0.25, -0.2) is 0 Å². The third-order valence-electron chi connectivity index (χ3n) is 20.2. The van der Waals surface area contributed by atoms with Crippen LogP contribution in [0.5, 0.6) is 0 Å². The summed E-state index contributed by atoms with van der Waals surface area (Å²) in [5.74, 6) is -0.168. The number of rotatable bonds is 76. The van der Waals surface area contributed by atoms with Crippen LogP contribution in [0.1, 0.15) is 425 Å². The van der Waals surface area contributed by atoms with E-state index in [2.05, 4.69) is 55.6 Å². The van der Waals surface area contributed by atoms with Crippen LogP contribution in [0.3, 0.4) is 0 Å². The number of aliphatic hydroxyl groups excluding tert-OH is 5. The van der Waals surface area contributed by atoms with Gasteiger partial charge < -0.3 is 45.1 Å². The van der Waals surface area contributed by atoms with Crippen LogP contribution in [0.2, 0.25) is 0 Å². The number of carbonyl (C=O) groups excluding carboxylic acids is 2. The van der Waals surface area contributed by atoms with Crippen molar-refractivity contribution in [3.8, 4) is 0 Å². The molecule has 0 saturated carbocycles. The highest BCUT2D eigenvalue weighted by Crippen LogP contribution is 2.24. The van der Waals surface area contributed by atoms with E-state index < -0.39 is 49.5 Å². The fraction of sp³-hybridized carbons (Fsp3) is 0.884. The molecule has 7 atom stereocenters. The maximum atomic E-state index is 13.1. The summed E-state index contributed by atoms with van der Waals surface area (Å²) >= 11 is 0. The molecule has 1 saturated heterocycles. The zero-order valence-electron chi connectivity index (χ0n) is 63.8.